The van der Waals surface area contributed by atoms with Crippen LogP contribution < -0.4 is 9.46 Å². The second-order valence-corrected chi connectivity index (χ2v) is 7.77. The molecule has 0 saturated carbocycles. The molecule has 2 aromatic rings. The molecular weight excluding hydrogens is 340 g/mol. The zero-order valence-corrected chi connectivity index (χ0v) is 15.5. The minimum Gasteiger partial charge on any atom is -0.481 e. The average molecular weight is 362 g/mol. The lowest BCUT2D eigenvalue weighted by Crippen LogP contribution is -2.40. The Morgan fingerprint density at radius 1 is 1.20 bits per heavy atom. The van der Waals surface area contributed by atoms with E-state index < -0.39 is 22.0 Å². The fourth-order valence-corrected chi connectivity index (χ4v) is 3.41. The second kappa shape index (κ2) is 7.65. The summed E-state index contributed by atoms with van der Waals surface area (Å²) < 4.78 is 31.9. The smallest absolute Gasteiger partial charge is 0.274 e. The molecule has 1 amide bonds. The Bertz CT molecular complexity index is 849. The number of rotatable bonds is 6. The Morgan fingerprint density at radius 2 is 1.92 bits per heavy atom. The van der Waals surface area contributed by atoms with Gasteiger partial charge in [-0.05, 0) is 55.2 Å². The predicted octanol–water partition coefficient (Wildman–Crippen LogP) is 2.79. The number of hydrogen-bond acceptors (Lipinski definition) is 5. The van der Waals surface area contributed by atoms with Gasteiger partial charge in [0, 0.05) is 12.4 Å². The van der Waals surface area contributed by atoms with Crippen molar-refractivity contribution < 1.29 is 17.9 Å². The molecule has 6 nitrogen and oxygen atoms in total. The van der Waals surface area contributed by atoms with E-state index in [4.69, 9.17) is 4.74 Å². The average Bonchev–Trinajstić information content (AvgIpc) is 2.55. The highest BCUT2D eigenvalue weighted by Gasteiger charge is 2.23. The molecule has 0 saturated heterocycles. The molecule has 0 radical (unpaired) electrons. The van der Waals surface area contributed by atoms with Gasteiger partial charge in [-0.3, -0.25) is 9.78 Å². The van der Waals surface area contributed by atoms with Crippen molar-refractivity contribution >= 4 is 15.9 Å². The van der Waals surface area contributed by atoms with Crippen molar-refractivity contribution in [3.8, 4) is 5.75 Å². The molecule has 1 atom stereocenters. The fraction of sp³-hybridized carbons (Fsp3) is 0.333. The van der Waals surface area contributed by atoms with Crippen LogP contribution in [0.1, 0.15) is 37.8 Å². The number of amides is 1. The van der Waals surface area contributed by atoms with Crippen LogP contribution in [0.2, 0.25) is 0 Å². The van der Waals surface area contributed by atoms with Crippen molar-refractivity contribution in [3.05, 3.63) is 53.9 Å². The highest BCUT2D eigenvalue weighted by atomic mass is 32.2. The van der Waals surface area contributed by atoms with Crippen LogP contribution in [-0.2, 0) is 14.8 Å². The topological polar surface area (TPSA) is 85.4 Å². The number of hydrogen-bond donors (Lipinski definition) is 1. The van der Waals surface area contributed by atoms with Crippen LogP contribution in [0, 0.1) is 6.92 Å². The van der Waals surface area contributed by atoms with Gasteiger partial charge in [0.2, 0.25) is 0 Å². The Morgan fingerprint density at radius 3 is 2.48 bits per heavy atom. The number of aromatic nitrogens is 1. The molecule has 0 aliphatic heterocycles. The molecule has 0 spiro atoms. The Hall–Kier alpha value is -2.41. The SMILES string of the molecule is Cc1cc(O[C@@H](C)C(=O)NS(=O)(=O)c2cccnc2)ccc1C(C)C. The first-order valence-electron chi connectivity index (χ1n) is 7.94. The van der Waals surface area contributed by atoms with Gasteiger partial charge in [-0.15, -0.1) is 0 Å². The summed E-state index contributed by atoms with van der Waals surface area (Å²) in [4.78, 5) is 15.8. The third-order valence-electron chi connectivity index (χ3n) is 3.73. The lowest BCUT2D eigenvalue weighted by molar-refractivity contribution is -0.125. The molecule has 2 rings (SSSR count). The van der Waals surface area contributed by atoms with E-state index in [1.165, 1.54) is 37.0 Å². The van der Waals surface area contributed by atoms with E-state index in [2.05, 4.69) is 18.8 Å². The molecule has 7 heteroatoms. The minimum atomic E-state index is -3.96. The lowest BCUT2D eigenvalue weighted by Gasteiger charge is -2.17. The summed E-state index contributed by atoms with van der Waals surface area (Å²) in [5.41, 5.74) is 2.26. The van der Waals surface area contributed by atoms with Crippen molar-refractivity contribution in [3.63, 3.8) is 0 Å². The first-order chi connectivity index (χ1) is 11.7. The Kier molecular flexibility index (Phi) is 5.79. The number of ether oxygens (including phenoxy) is 1. The molecule has 25 heavy (non-hydrogen) atoms. The third kappa shape index (κ3) is 4.79. The number of nitrogens with one attached hydrogen (secondary N) is 1. The molecule has 1 aromatic heterocycles. The molecular formula is C18H22N2O4S. The molecule has 1 aromatic carbocycles. The van der Waals surface area contributed by atoms with Crippen LogP contribution in [0.15, 0.2) is 47.6 Å². The predicted molar refractivity (Wildman–Crippen MR) is 94.9 cm³/mol. The molecule has 0 fully saturated rings. The van der Waals surface area contributed by atoms with Crippen LogP contribution in [-0.4, -0.2) is 25.4 Å². The van der Waals surface area contributed by atoms with Crippen molar-refractivity contribution in [1.82, 2.24) is 9.71 Å². The highest BCUT2D eigenvalue weighted by Crippen LogP contribution is 2.24. The molecule has 1 heterocycles. The largest absolute Gasteiger partial charge is 0.481 e. The van der Waals surface area contributed by atoms with Crippen molar-refractivity contribution in [2.75, 3.05) is 0 Å². The van der Waals surface area contributed by atoms with E-state index in [0.29, 0.717) is 11.7 Å². The summed E-state index contributed by atoms with van der Waals surface area (Å²) in [6, 6.07) is 8.42. The number of sulfonamides is 1. The molecule has 134 valence electrons. The normalized spacial score (nSPS) is 12.7. The first kappa shape index (κ1) is 18.9. The monoisotopic (exact) mass is 362 g/mol. The highest BCUT2D eigenvalue weighted by molar-refractivity contribution is 7.90. The standard InChI is InChI=1S/C18H22N2O4S/c1-12(2)17-8-7-15(10-13(17)3)24-14(4)18(21)20-25(22,23)16-6-5-9-19-11-16/h5-12,14H,1-4H3,(H,20,21)/t14-/m0/s1. The first-order valence-corrected chi connectivity index (χ1v) is 9.43. The number of carbonyl (C=O) groups excluding carboxylic acids is 1. The van der Waals surface area contributed by atoms with Crippen LogP contribution in [0.4, 0.5) is 0 Å². The maximum absolute atomic E-state index is 12.2. The Balaban J connectivity index is 2.07. The van der Waals surface area contributed by atoms with Crippen LogP contribution in [0.25, 0.3) is 0 Å². The van der Waals surface area contributed by atoms with Gasteiger partial charge in [-0.2, -0.15) is 0 Å². The number of carbonyl (C=O) groups is 1. The van der Waals surface area contributed by atoms with Gasteiger partial charge in [0.15, 0.2) is 6.10 Å². The quantitative estimate of drug-likeness (QED) is 0.854. The van der Waals surface area contributed by atoms with Gasteiger partial charge in [0.25, 0.3) is 15.9 Å². The fourth-order valence-electron chi connectivity index (χ4n) is 2.41. The summed E-state index contributed by atoms with van der Waals surface area (Å²) in [6.07, 6.45) is 1.67. The van der Waals surface area contributed by atoms with Gasteiger partial charge in [0.05, 0.1) is 0 Å². The number of benzene rings is 1. The van der Waals surface area contributed by atoms with Gasteiger partial charge in [0.1, 0.15) is 10.6 Å². The number of aryl methyl sites for hydroxylation is 1. The van der Waals surface area contributed by atoms with Gasteiger partial charge in [-0.25, -0.2) is 13.1 Å². The third-order valence-corrected chi connectivity index (χ3v) is 5.06. The van der Waals surface area contributed by atoms with Gasteiger partial charge >= 0.3 is 0 Å². The minimum absolute atomic E-state index is 0.0762. The van der Waals surface area contributed by atoms with E-state index in [1.807, 2.05) is 23.8 Å². The molecule has 1 N–H and O–H groups in total. The van der Waals surface area contributed by atoms with E-state index >= 15 is 0 Å². The summed E-state index contributed by atoms with van der Waals surface area (Å²) in [5.74, 6) is 0.164. The van der Waals surface area contributed by atoms with Gasteiger partial charge in [-0.1, -0.05) is 19.9 Å². The van der Waals surface area contributed by atoms with Crippen LogP contribution >= 0.6 is 0 Å². The van der Waals surface area contributed by atoms with Crippen molar-refractivity contribution in [2.45, 2.75) is 44.6 Å². The molecule has 0 aliphatic rings. The van der Waals surface area contributed by atoms with E-state index in [-0.39, 0.29) is 4.90 Å². The number of pyridine rings is 1. The summed E-state index contributed by atoms with van der Waals surface area (Å²) in [6.45, 7) is 7.67. The summed E-state index contributed by atoms with van der Waals surface area (Å²) in [5, 5.41) is 0. The maximum atomic E-state index is 12.2. The van der Waals surface area contributed by atoms with Crippen LogP contribution in [0.5, 0.6) is 5.75 Å². The number of nitrogens with zero attached hydrogens (tertiary/aromatic N) is 1. The Labute approximate surface area is 148 Å². The zero-order valence-electron chi connectivity index (χ0n) is 14.7. The molecule has 0 unspecified atom stereocenters. The van der Waals surface area contributed by atoms with Crippen molar-refractivity contribution in [2.24, 2.45) is 0 Å². The van der Waals surface area contributed by atoms with Gasteiger partial charge < -0.3 is 4.74 Å². The molecule has 0 bridgehead atoms. The lowest BCUT2D eigenvalue weighted by atomic mass is 9.98. The van der Waals surface area contributed by atoms with Crippen molar-refractivity contribution in [1.29, 1.82) is 0 Å². The molecule has 0 aliphatic carbocycles. The van der Waals surface area contributed by atoms with E-state index in [0.717, 1.165) is 5.56 Å². The summed E-state index contributed by atoms with van der Waals surface area (Å²) >= 11 is 0. The summed E-state index contributed by atoms with van der Waals surface area (Å²) in [7, 11) is -3.96. The second-order valence-electron chi connectivity index (χ2n) is 6.09. The zero-order chi connectivity index (χ0) is 18.6. The van der Waals surface area contributed by atoms with Crippen LogP contribution in [0.3, 0.4) is 0 Å². The maximum Gasteiger partial charge on any atom is 0.274 e. The van der Waals surface area contributed by atoms with E-state index in [9.17, 15) is 13.2 Å². The van der Waals surface area contributed by atoms with E-state index in [1.54, 1.807) is 6.07 Å².